The molecule has 0 radical (unpaired) electrons. The summed E-state index contributed by atoms with van der Waals surface area (Å²) >= 11 is 6.11. The van der Waals surface area contributed by atoms with Crippen molar-refractivity contribution in [3.63, 3.8) is 0 Å². The van der Waals surface area contributed by atoms with Gasteiger partial charge in [0.2, 0.25) is 0 Å². The molecule has 1 amide bonds. The Morgan fingerprint density at radius 2 is 1.96 bits per heavy atom. The summed E-state index contributed by atoms with van der Waals surface area (Å²) < 4.78 is 0. The Kier molecular flexibility index (Phi) is 4.76. The third kappa shape index (κ3) is 3.67. The van der Waals surface area contributed by atoms with Crippen LogP contribution in [0.1, 0.15) is 28.5 Å². The zero-order valence-electron chi connectivity index (χ0n) is 13.9. The van der Waals surface area contributed by atoms with Crippen molar-refractivity contribution in [3.05, 3.63) is 64.3 Å². The molecular formula is C19H18ClN3O2. The number of nitrogens with one attached hydrogen (secondary N) is 2. The van der Waals surface area contributed by atoms with E-state index in [1.807, 2.05) is 24.3 Å². The minimum atomic E-state index is -0.305. The standard InChI is InChI=1S/C19H18ClN3O2/c1-3-12-4-6-13(7-5-12)21-19(25)17-10-16(22-23-17)14-9-15(20)11(2)8-18(14)24/h4-10,24H,3H2,1-2H3,(H,21,25)(H,22,23). The second kappa shape index (κ2) is 6.99. The van der Waals surface area contributed by atoms with Crippen LogP contribution in [0.4, 0.5) is 5.69 Å². The average Bonchev–Trinajstić information content (AvgIpc) is 3.09. The first-order valence-electron chi connectivity index (χ1n) is 7.93. The first kappa shape index (κ1) is 17.0. The van der Waals surface area contributed by atoms with Gasteiger partial charge in [0, 0.05) is 16.3 Å². The zero-order chi connectivity index (χ0) is 18.0. The molecule has 0 atom stereocenters. The van der Waals surface area contributed by atoms with Crippen molar-refractivity contribution >= 4 is 23.2 Å². The van der Waals surface area contributed by atoms with E-state index in [1.54, 1.807) is 25.1 Å². The van der Waals surface area contributed by atoms with Gasteiger partial charge in [0.25, 0.3) is 5.91 Å². The van der Waals surface area contributed by atoms with Crippen LogP contribution in [-0.2, 0) is 6.42 Å². The summed E-state index contributed by atoms with van der Waals surface area (Å²) in [6, 6.07) is 12.4. The number of aromatic hydroxyl groups is 1. The van der Waals surface area contributed by atoms with Crippen LogP contribution in [0.5, 0.6) is 5.75 Å². The van der Waals surface area contributed by atoms with Crippen molar-refractivity contribution in [3.8, 4) is 17.0 Å². The largest absolute Gasteiger partial charge is 0.507 e. The number of carbonyl (C=O) groups excluding carboxylic acids is 1. The smallest absolute Gasteiger partial charge is 0.273 e. The Morgan fingerprint density at radius 3 is 2.64 bits per heavy atom. The molecule has 1 aromatic heterocycles. The molecule has 0 fully saturated rings. The van der Waals surface area contributed by atoms with Gasteiger partial charge >= 0.3 is 0 Å². The minimum absolute atomic E-state index is 0.0653. The molecule has 3 aromatic rings. The average molecular weight is 356 g/mol. The third-order valence-electron chi connectivity index (χ3n) is 4.00. The number of rotatable bonds is 4. The van der Waals surface area contributed by atoms with E-state index in [2.05, 4.69) is 22.4 Å². The van der Waals surface area contributed by atoms with Crippen LogP contribution in [0.3, 0.4) is 0 Å². The minimum Gasteiger partial charge on any atom is -0.507 e. The quantitative estimate of drug-likeness (QED) is 0.642. The molecule has 128 valence electrons. The molecule has 3 N–H and O–H groups in total. The number of amides is 1. The van der Waals surface area contributed by atoms with Crippen LogP contribution in [0, 0.1) is 6.92 Å². The summed E-state index contributed by atoms with van der Waals surface area (Å²) in [5.41, 5.74) is 3.90. The van der Waals surface area contributed by atoms with Crippen LogP contribution in [0.15, 0.2) is 42.5 Å². The number of phenols is 1. The third-order valence-corrected chi connectivity index (χ3v) is 4.40. The van der Waals surface area contributed by atoms with Gasteiger partial charge in [-0.1, -0.05) is 30.7 Å². The molecule has 1 heterocycles. The number of phenolic OH excluding ortho intramolecular Hbond substituents is 1. The first-order chi connectivity index (χ1) is 12.0. The molecule has 6 heteroatoms. The Morgan fingerprint density at radius 1 is 1.24 bits per heavy atom. The van der Waals surface area contributed by atoms with Crippen LogP contribution in [0.2, 0.25) is 5.02 Å². The highest BCUT2D eigenvalue weighted by Crippen LogP contribution is 2.33. The fraction of sp³-hybridized carbons (Fsp3) is 0.158. The highest BCUT2D eigenvalue weighted by molar-refractivity contribution is 6.31. The Labute approximate surface area is 150 Å². The lowest BCUT2D eigenvalue weighted by atomic mass is 10.1. The molecule has 0 saturated carbocycles. The maximum Gasteiger partial charge on any atom is 0.273 e. The van der Waals surface area contributed by atoms with E-state index in [4.69, 9.17) is 11.6 Å². The van der Waals surface area contributed by atoms with Crippen molar-refractivity contribution < 1.29 is 9.90 Å². The number of aromatic nitrogens is 2. The maximum atomic E-state index is 12.3. The molecule has 0 bridgehead atoms. The van der Waals surface area contributed by atoms with Gasteiger partial charge in [-0.2, -0.15) is 5.10 Å². The van der Waals surface area contributed by atoms with E-state index < -0.39 is 0 Å². The van der Waals surface area contributed by atoms with E-state index >= 15 is 0 Å². The van der Waals surface area contributed by atoms with Gasteiger partial charge in [-0.15, -0.1) is 0 Å². The molecule has 3 rings (SSSR count). The SMILES string of the molecule is CCc1ccc(NC(=O)c2cc(-c3cc(Cl)c(C)cc3O)n[nH]2)cc1. The van der Waals surface area contributed by atoms with Crippen molar-refractivity contribution in [1.29, 1.82) is 0 Å². The molecule has 0 aliphatic rings. The van der Waals surface area contributed by atoms with Gasteiger partial charge in [0.05, 0.1) is 5.69 Å². The molecule has 0 saturated heterocycles. The molecule has 0 aliphatic heterocycles. The number of hydrogen-bond donors (Lipinski definition) is 3. The fourth-order valence-corrected chi connectivity index (χ4v) is 2.63. The summed E-state index contributed by atoms with van der Waals surface area (Å²) in [5.74, 6) is -0.240. The molecule has 0 spiro atoms. The number of aromatic amines is 1. The van der Waals surface area contributed by atoms with Gasteiger partial charge in [-0.25, -0.2) is 0 Å². The molecular weight excluding hydrogens is 338 g/mol. The molecule has 0 aliphatic carbocycles. The summed E-state index contributed by atoms with van der Waals surface area (Å²) in [4.78, 5) is 12.3. The number of anilines is 1. The predicted octanol–water partition coefficient (Wildman–Crippen LogP) is 4.56. The van der Waals surface area contributed by atoms with Gasteiger partial charge in [-0.05, 0) is 54.8 Å². The van der Waals surface area contributed by atoms with E-state index in [-0.39, 0.29) is 11.7 Å². The molecule has 25 heavy (non-hydrogen) atoms. The summed E-state index contributed by atoms with van der Waals surface area (Å²) in [7, 11) is 0. The highest BCUT2D eigenvalue weighted by atomic mass is 35.5. The lowest BCUT2D eigenvalue weighted by molar-refractivity contribution is 0.102. The summed E-state index contributed by atoms with van der Waals surface area (Å²) in [5, 5.41) is 20.2. The second-order valence-electron chi connectivity index (χ2n) is 5.79. The van der Waals surface area contributed by atoms with Crippen LogP contribution < -0.4 is 5.32 Å². The fourth-order valence-electron chi connectivity index (χ4n) is 2.47. The number of hydrogen-bond acceptors (Lipinski definition) is 3. The van der Waals surface area contributed by atoms with E-state index in [9.17, 15) is 9.90 Å². The van der Waals surface area contributed by atoms with Crippen molar-refractivity contribution in [2.45, 2.75) is 20.3 Å². The van der Waals surface area contributed by atoms with Gasteiger partial charge in [0.1, 0.15) is 11.4 Å². The first-order valence-corrected chi connectivity index (χ1v) is 8.31. The second-order valence-corrected chi connectivity index (χ2v) is 6.20. The zero-order valence-corrected chi connectivity index (χ0v) is 14.7. The monoisotopic (exact) mass is 355 g/mol. The van der Waals surface area contributed by atoms with E-state index in [0.29, 0.717) is 27.7 Å². The molecule has 2 aromatic carbocycles. The van der Waals surface area contributed by atoms with Crippen LogP contribution >= 0.6 is 11.6 Å². The van der Waals surface area contributed by atoms with Crippen LogP contribution in [-0.4, -0.2) is 21.2 Å². The molecule has 5 nitrogen and oxygen atoms in total. The highest BCUT2D eigenvalue weighted by Gasteiger charge is 2.15. The Hall–Kier alpha value is -2.79. The number of H-pyrrole nitrogens is 1. The normalized spacial score (nSPS) is 10.7. The lowest BCUT2D eigenvalue weighted by Gasteiger charge is -2.05. The van der Waals surface area contributed by atoms with E-state index in [0.717, 1.165) is 12.0 Å². The van der Waals surface area contributed by atoms with Crippen molar-refractivity contribution in [1.82, 2.24) is 10.2 Å². The summed E-state index contributed by atoms with van der Waals surface area (Å²) in [6.07, 6.45) is 0.945. The van der Waals surface area contributed by atoms with Crippen molar-refractivity contribution in [2.24, 2.45) is 0 Å². The predicted molar refractivity (Wildman–Crippen MR) is 99.2 cm³/mol. The number of halogens is 1. The van der Waals surface area contributed by atoms with Gasteiger partial charge < -0.3 is 10.4 Å². The maximum absolute atomic E-state index is 12.3. The number of benzene rings is 2. The Balaban J connectivity index is 1.80. The van der Waals surface area contributed by atoms with Gasteiger partial charge in [-0.3, -0.25) is 9.89 Å². The Bertz CT molecular complexity index is 917. The number of nitrogens with zero attached hydrogens (tertiary/aromatic N) is 1. The van der Waals surface area contributed by atoms with Crippen LogP contribution in [0.25, 0.3) is 11.3 Å². The van der Waals surface area contributed by atoms with E-state index in [1.165, 1.54) is 5.56 Å². The molecule has 0 unspecified atom stereocenters. The van der Waals surface area contributed by atoms with Gasteiger partial charge in [0.15, 0.2) is 0 Å². The summed E-state index contributed by atoms with van der Waals surface area (Å²) in [6.45, 7) is 3.88. The lowest BCUT2D eigenvalue weighted by Crippen LogP contribution is -2.12. The topological polar surface area (TPSA) is 78.0 Å². The number of carbonyl (C=O) groups is 1. The number of aryl methyl sites for hydroxylation is 2. The van der Waals surface area contributed by atoms with Crippen molar-refractivity contribution in [2.75, 3.05) is 5.32 Å².